The van der Waals surface area contributed by atoms with Crippen LogP contribution in [-0.2, 0) is 0 Å². The summed E-state index contributed by atoms with van der Waals surface area (Å²) in [5.74, 6) is -1.11. The van der Waals surface area contributed by atoms with E-state index in [1.807, 2.05) is 38.1 Å². The van der Waals surface area contributed by atoms with Crippen molar-refractivity contribution in [3.63, 3.8) is 0 Å². The maximum atomic E-state index is 13.2. The van der Waals surface area contributed by atoms with Crippen molar-refractivity contribution in [2.24, 2.45) is 0 Å². The van der Waals surface area contributed by atoms with Crippen molar-refractivity contribution in [2.45, 2.75) is 25.9 Å². The molecular weight excluding hydrogens is 324 g/mol. The maximum Gasteiger partial charge on any atom is 0.126 e. The Morgan fingerprint density at radius 1 is 0.950 bits per heavy atom. The molecular formula is C16H16BrF2N. The number of halogens is 3. The Balaban J connectivity index is 2.15. The Morgan fingerprint density at radius 3 is 2.15 bits per heavy atom. The molecule has 0 radical (unpaired) electrons. The van der Waals surface area contributed by atoms with E-state index in [1.165, 1.54) is 12.1 Å². The molecule has 0 bridgehead atoms. The smallest absolute Gasteiger partial charge is 0.126 e. The monoisotopic (exact) mass is 339 g/mol. The van der Waals surface area contributed by atoms with Crippen molar-refractivity contribution in [1.29, 1.82) is 0 Å². The third kappa shape index (κ3) is 3.64. The zero-order chi connectivity index (χ0) is 14.7. The van der Waals surface area contributed by atoms with E-state index in [0.29, 0.717) is 5.56 Å². The minimum Gasteiger partial charge on any atom is -0.304 e. The molecule has 106 valence electrons. The van der Waals surface area contributed by atoms with Crippen LogP contribution in [0.25, 0.3) is 0 Å². The van der Waals surface area contributed by atoms with Gasteiger partial charge in [0, 0.05) is 22.6 Å². The van der Waals surface area contributed by atoms with E-state index in [9.17, 15) is 8.78 Å². The molecule has 1 unspecified atom stereocenters. The van der Waals surface area contributed by atoms with Gasteiger partial charge in [0.15, 0.2) is 0 Å². The molecule has 0 saturated heterocycles. The summed E-state index contributed by atoms with van der Waals surface area (Å²) in [4.78, 5) is 0. The first-order valence-electron chi connectivity index (χ1n) is 6.44. The molecule has 0 aliphatic heterocycles. The zero-order valence-corrected chi connectivity index (χ0v) is 12.9. The predicted molar refractivity (Wildman–Crippen MR) is 80.5 cm³/mol. The molecule has 0 aliphatic carbocycles. The average Bonchev–Trinajstić information content (AvgIpc) is 2.37. The van der Waals surface area contributed by atoms with Crippen LogP contribution < -0.4 is 5.32 Å². The fraction of sp³-hybridized carbons (Fsp3) is 0.250. The largest absolute Gasteiger partial charge is 0.304 e. The van der Waals surface area contributed by atoms with Crippen LogP contribution in [0, 0.1) is 11.6 Å². The Kier molecular flexibility index (Phi) is 4.89. The zero-order valence-electron chi connectivity index (χ0n) is 11.3. The standard InChI is InChI=1S/C16H16BrF2N/c1-10(12-7-13(18)9-14(19)8-12)20-11(2)15-5-3-4-6-16(15)17/h3-11,20H,1-2H3/t10?,11-/m0/s1. The minimum absolute atomic E-state index is 0.0619. The van der Waals surface area contributed by atoms with Crippen molar-refractivity contribution in [2.75, 3.05) is 0 Å². The molecule has 2 aromatic rings. The highest BCUT2D eigenvalue weighted by Gasteiger charge is 2.14. The first kappa shape index (κ1) is 15.1. The molecule has 2 aromatic carbocycles. The summed E-state index contributed by atoms with van der Waals surface area (Å²) in [6.07, 6.45) is 0. The summed E-state index contributed by atoms with van der Waals surface area (Å²) < 4.78 is 27.5. The summed E-state index contributed by atoms with van der Waals surface area (Å²) in [5, 5.41) is 3.34. The van der Waals surface area contributed by atoms with Gasteiger partial charge in [-0.15, -0.1) is 0 Å². The van der Waals surface area contributed by atoms with E-state index in [2.05, 4.69) is 21.2 Å². The van der Waals surface area contributed by atoms with Gasteiger partial charge >= 0.3 is 0 Å². The van der Waals surface area contributed by atoms with E-state index in [0.717, 1.165) is 16.1 Å². The van der Waals surface area contributed by atoms with Crippen LogP contribution in [0.4, 0.5) is 8.78 Å². The van der Waals surface area contributed by atoms with Crippen LogP contribution in [0.5, 0.6) is 0 Å². The summed E-state index contributed by atoms with van der Waals surface area (Å²) in [7, 11) is 0. The van der Waals surface area contributed by atoms with E-state index >= 15 is 0 Å². The fourth-order valence-electron chi connectivity index (χ4n) is 2.21. The van der Waals surface area contributed by atoms with Crippen LogP contribution in [0.3, 0.4) is 0 Å². The lowest BCUT2D eigenvalue weighted by Gasteiger charge is -2.21. The molecule has 0 saturated carbocycles. The van der Waals surface area contributed by atoms with Crippen LogP contribution in [0.15, 0.2) is 46.9 Å². The fourth-order valence-corrected chi connectivity index (χ4v) is 2.84. The second kappa shape index (κ2) is 6.46. The van der Waals surface area contributed by atoms with Crippen molar-refractivity contribution in [3.8, 4) is 0 Å². The highest BCUT2D eigenvalue weighted by atomic mass is 79.9. The van der Waals surface area contributed by atoms with Gasteiger partial charge in [0.25, 0.3) is 0 Å². The average molecular weight is 340 g/mol. The molecule has 0 spiro atoms. The molecule has 1 nitrogen and oxygen atoms in total. The normalized spacial score (nSPS) is 14.1. The van der Waals surface area contributed by atoms with Gasteiger partial charge in [0.2, 0.25) is 0 Å². The molecule has 0 aliphatic rings. The molecule has 20 heavy (non-hydrogen) atoms. The van der Waals surface area contributed by atoms with Gasteiger partial charge in [0.1, 0.15) is 11.6 Å². The van der Waals surface area contributed by atoms with Crippen LogP contribution in [0.1, 0.15) is 37.1 Å². The number of benzene rings is 2. The molecule has 2 atom stereocenters. The molecule has 4 heteroatoms. The quantitative estimate of drug-likeness (QED) is 0.813. The summed E-state index contributed by atoms with van der Waals surface area (Å²) in [5.41, 5.74) is 1.71. The van der Waals surface area contributed by atoms with Crippen molar-refractivity contribution >= 4 is 15.9 Å². The van der Waals surface area contributed by atoms with Gasteiger partial charge in [-0.25, -0.2) is 8.78 Å². The van der Waals surface area contributed by atoms with E-state index in [4.69, 9.17) is 0 Å². The minimum atomic E-state index is -0.554. The Morgan fingerprint density at radius 2 is 1.55 bits per heavy atom. The summed E-state index contributed by atoms with van der Waals surface area (Å²) >= 11 is 3.51. The Labute approximate surface area is 126 Å². The van der Waals surface area contributed by atoms with Gasteiger partial charge in [-0.2, -0.15) is 0 Å². The first-order chi connectivity index (χ1) is 9.47. The predicted octanol–water partition coefficient (Wildman–Crippen LogP) is 5.14. The van der Waals surface area contributed by atoms with Gasteiger partial charge in [-0.3, -0.25) is 0 Å². The third-order valence-corrected chi connectivity index (χ3v) is 3.98. The van der Waals surface area contributed by atoms with E-state index < -0.39 is 11.6 Å². The Bertz CT molecular complexity index is 581. The molecule has 2 rings (SSSR count). The van der Waals surface area contributed by atoms with Crippen molar-refractivity contribution in [3.05, 3.63) is 69.7 Å². The van der Waals surface area contributed by atoms with Gasteiger partial charge in [-0.05, 0) is 43.2 Å². The van der Waals surface area contributed by atoms with Gasteiger partial charge < -0.3 is 5.32 Å². The highest BCUT2D eigenvalue weighted by molar-refractivity contribution is 9.10. The molecule has 0 aromatic heterocycles. The van der Waals surface area contributed by atoms with Crippen LogP contribution in [0.2, 0.25) is 0 Å². The van der Waals surface area contributed by atoms with Crippen molar-refractivity contribution in [1.82, 2.24) is 5.32 Å². The van der Waals surface area contributed by atoms with E-state index in [1.54, 1.807) is 0 Å². The lowest BCUT2D eigenvalue weighted by molar-refractivity contribution is 0.486. The summed E-state index contributed by atoms with van der Waals surface area (Å²) in [6.45, 7) is 3.91. The van der Waals surface area contributed by atoms with Crippen LogP contribution >= 0.6 is 15.9 Å². The molecule has 0 amide bonds. The van der Waals surface area contributed by atoms with Gasteiger partial charge in [-0.1, -0.05) is 34.1 Å². The van der Waals surface area contributed by atoms with Crippen molar-refractivity contribution < 1.29 is 8.78 Å². The molecule has 1 N–H and O–H groups in total. The molecule has 0 fully saturated rings. The number of hydrogen-bond donors (Lipinski definition) is 1. The summed E-state index contributed by atoms with van der Waals surface area (Å²) in [6, 6.07) is 11.4. The van der Waals surface area contributed by atoms with Gasteiger partial charge in [0.05, 0.1) is 0 Å². The van der Waals surface area contributed by atoms with E-state index in [-0.39, 0.29) is 12.1 Å². The number of nitrogens with one attached hydrogen (secondary N) is 1. The lowest BCUT2D eigenvalue weighted by Crippen LogP contribution is -2.23. The third-order valence-electron chi connectivity index (χ3n) is 3.26. The molecule has 0 heterocycles. The second-order valence-corrected chi connectivity index (χ2v) is 5.69. The second-order valence-electron chi connectivity index (χ2n) is 4.83. The topological polar surface area (TPSA) is 12.0 Å². The number of hydrogen-bond acceptors (Lipinski definition) is 1. The first-order valence-corrected chi connectivity index (χ1v) is 7.23. The maximum absolute atomic E-state index is 13.2. The highest BCUT2D eigenvalue weighted by Crippen LogP contribution is 2.26. The SMILES string of the molecule is CC(N[C@@H](C)c1ccccc1Br)c1cc(F)cc(F)c1. The lowest BCUT2D eigenvalue weighted by atomic mass is 10.0. The van der Waals surface area contributed by atoms with Crippen LogP contribution in [-0.4, -0.2) is 0 Å². The number of rotatable bonds is 4. The Hall–Kier alpha value is -1.26.